The molecular formula is C14H16FN3O2S. The molecule has 0 bridgehead atoms. The maximum atomic E-state index is 13.8. The van der Waals surface area contributed by atoms with E-state index < -0.39 is 20.7 Å². The molecule has 0 radical (unpaired) electrons. The van der Waals surface area contributed by atoms with Gasteiger partial charge in [0.2, 0.25) is 10.0 Å². The molecule has 1 aromatic carbocycles. The number of anilines is 1. The van der Waals surface area contributed by atoms with Crippen molar-refractivity contribution in [3.8, 4) is 0 Å². The molecule has 2 N–H and O–H groups in total. The lowest BCUT2D eigenvalue weighted by molar-refractivity contribution is 0.456. The summed E-state index contributed by atoms with van der Waals surface area (Å²) in [7, 11) is -2.65. The van der Waals surface area contributed by atoms with Gasteiger partial charge in [0.05, 0.1) is 17.9 Å². The van der Waals surface area contributed by atoms with Gasteiger partial charge >= 0.3 is 0 Å². The second-order valence-electron chi connectivity index (χ2n) is 4.69. The molecule has 1 aromatic heterocycles. The molecule has 7 heteroatoms. The fourth-order valence-electron chi connectivity index (χ4n) is 1.95. The Morgan fingerprint density at radius 3 is 2.52 bits per heavy atom. The molecule has 0 fully saturated rings. The van der Waals surface area contributed by atoms with Gasteiger partial charge < -0.3 is 5.73 Å². The van der Waals surface area contributed by atoms with E-state index in [4.69, 9.17) is 5.73 Å². The van der Waals surface area contributed by atoms with Crippen molar-refractivity contribution in [2.45, 2.75) is 18.4 Å². The van der Waals surface area contributed by atoms with Crippen LogP contribution in [-0.4, -0.2) is 24.8 Å². The highest BCUT2D eigenvalue weighted by molar-refractivity contribution is 7.89. The van der Waals surface area contributed by atoms with Crippen molar-refractivity contribution in [3.05, 3.63) is 53.6 Å². The molecule has 0 aliphatic carbocycles. The summed E-state index contributed by atoms with van der Waals surface area (Å²) in [6.45, 7) is 1.85. The summed E-state index contributed by atoms with van der Waals surface area (Å²) in [4.78, 5) is 3.73. The van der Waals surface area contributed by atoms with Crippen molar-refractivity contribution in [3.63, 3.8) is 0 Å². The standard InChI is InChI=1S/C14H16FN3O2S/c1-10-5-3-6-11(17-10)9-18(2)21(19,20)14-12(15)7-4-8-13(14)16/h3-8H,9,16H2,1-2H3. The Balaban J connectivity index is 2.35. The first-order valence-electron chi connectivity index (χ1n) is 6.25. The minimum Gasteiger partial charge on any atom is -0.398 e. The summed E-state index contributed by atoms with van der Waals surface area (Å²) >= 11 is 0. The summed E-state index contributed by atoms with van der Waals surface area (Å²) in [5, 5.41) is 0. The minimum atomic E-state index is -4.02. The van der Waals surface area contributed by atoms with Gasteiger partial charge in [-0.3, -0.25) is 4.98 Å². The van der Waals surface area contributed by atoms with Crippen molar-refractivity contribution in [2.75, 3.05) is 12.8 Å². The quantitative estimate of drug-likeness (QED) is 0.876. The van der Waals surface area contributed by atoms with Crippen molar-refractivity contribution in [2.24, 2.45) is 0 Å². The van der Waals surface area contributed by atoms with Gasteiger partial charge in [0, 0.05) is 12.7 Å². The maximum absolute atomic E-state index is 13.8. The average Bonchev–Trinajstić information content (AvgIpc) is 2.38. The first kappa shape index (κ1) is 15.4. The van der Waals surface area contributed by atoms with Crippen molar-refractivity contribution in [1.82, 2.24) is 9.29 Å². The van der Waals surface area contributed by atoms with E-state index in [0.717, 1.165) is 16.1 Å². The molecular weight excluding hydrogens is 293 g/mol. The molecule has 0 amide bonds. The number of aryl methyl sites for hydroxylation is 1. The molecule has 0 atom stereocenters. The molecule has 0 aliphatic rings. The summed E-state index contributed by atoms with van der Waals surface area (Å²) in [6, 6.07) is 9.11. The van der Waals surface area contributed by atoms with Gasteiger partial charge in [0.1, 0.15) is 10.7 Å². The second-order valence-corrected chi connectivity index (χ2v) is 6.67. The molecule has 5 nitrogen and oxygen atoms in total. The predicted octanol–water partition coefficient (Wildman–Crippen LogP) is 1.93. The van der Waals surface area contributed by atoms with E-state index in [-0.39, 0.29) is 12.2 Å². The van der Waals surface area contributed by atoms with Crippen LogP contribution in [-0.2, 0) is 16.6 Å². The van der Waals surface area contributed by atoms with Gasteiger partial charge in [0.15, 0.2) is 0 Å². The van der Waals surface area contributed by atoms with Gasteiger partial charge in [0.25, 0.3) is 0 Å². The van der Waals surface area contributed by atoms with E-state index in [1.54, 1.807) is 12.1 Å². The number of nitrogens with zero attached hydrogens (tertiary/aromatic N) is 2. The zero-order valence-corrected chi connectivity index (χ0v) is 12.6. The summed E-state index contributed by atoms with van der Waals surface area (Å²) < 4.78 is 39.7. The Kier molecular flexibility index (Phi) is 4.24. The first-order valence-corrected chi connectivity index (χ1v) is 7.69. The number of benzene rings is 1. The number of hydrogen-bond donors (Lipinski definition) is 1. The largest absolute Gasteiger partial charge is 0.398 e. The Labute approximate surface area is 123 Å². The van der Waals surface area contributed by atoms with Crippen molar-refractivity contribution < 1.29 is 12.8 Å². The molecule has 1 heterocycles. The number of nitrogens with two attached hydrogens (primary N) is 1. The third-order valence-corrected chi connectivity index (χ3v) is 4.89. The van der Waals surface area contributed by atoms with Gasteiger partial charge in [-0.1, -0.05) is 12.1 Å². The lowest BCUT2D eigenvalue weighted by atomic mass is 10.3. The monoisotopic (exact) mass is 309 g/mol. The zero-order valence-electron chi connectivity index (χ0n) is 11.7. The average molecular weight is 309 g/mol. The molecule has 0 aliphatic heterocycles. The van der Waals surface area contributed by atoms with E-state index in [2.05, 4.69) is 4.98 Å². The van der Waals surface area contributed by atoms with Crippen LogP contribution in [0.15, 0.2) is 41.3 Å². The lowest BCUT2D eigenvalue weighted by Gasteiger charge is -2.18. The van der Waals surface area contributed by atoms with Gasteiger partial charge in [-0.15, -0.1) is 0 Å². The van der Waals surface area contributed by atoms with E-state index in [9.17, 15) is 12.8 Å². The van der Waals surface area contributed by atoms with Gasteiger partial charge in [-0.05, 0) is 31.2 Å². The normalized spacial score (nSPS) is 11.8. The molecule has 0 saturated heterocycles. The van der Waals surface area contributed by atoms with Crippen molar-refractivity contribution >= 4 is 15.7 Å². The molecule has 0 spiro atoms. The third kappa shape index (κ3) is 3.20. The number of halogens is 1. The van der Waals surface area contributed by atoms with E-state index in [1.165, 1.54) is 19.2 Å². The van der Waals surface area contributed by atoms with Crippen LogP contribution in [0.1, 0.15) is 11.4 Å². The number of hydrogen-bond acceptors (Lipinski definition) is 4. The highest BCUT2D eigenvalue weighted by atomic mass is 32.2. The summed E-state index contributed by atoms with van der Waals surface area (Å²) in [5.74, 6) is -0.862. The fraction of sp³-hybridized carbons (Fsp3) is 0.214. The lowest BCUT2D eigenvalue weighted by Crippen LogP contribution is -2.28. The summed E-state index contributed by atoms with van der Waals surface area (Å²) in [6.07, 6.45) is 0. The Bertz CT molecular complexity index is 742. The fourth-order valence-corrected chi connectivity index (χ4v) is 3.25. The van der Waals surface area contributed by atoms with Crippen LogP contribution < -0.4 is 5.73 Å². The molecule has 0 unspecified atom stereocenters. The Hall–Kier alpha value is -1.99. The number of sulfonamides is 1. The minimum absolute atomic E-state index is 0.0395. The maximum Gasteiger partial charge on any atom is 0.248 e. The van der Waals surface area contributed by atoms with E-state index >= 15 is 0 Å². The van der Waals surface area contributed by atoms with Crippen LogP contribution in [0.5, 0.6) is 0 Å². The van der Waals surface area contributed by atoms with Crippen molar-refractivity contribution in [1.29, 1.82) is 0 Å². The molecule has 2 rings (SSSR count). The van der Waals surface area contributed by atoms with Crippen LogP contribution in [0.2, 0.25) is 0 Å². The Morgan fingerprint density at radius 2 is 1.90 bits per heavy atom. The molecule has 112 valence electrons. The zero-order chi connectivity index (χ0) is 15.6. The number of aromatic nitrogens is 1. The van der Waals surface area contributed by atoms with Gasteiger partial charge in [-0.2, -0.15) is 4.31 Å². The van der Waals surface area contributed by atoms with Crippen LogP contribution in [0.3, 0.4) is 0 Å². The van der Waals surface area contributed by atoms with E-state index in [0.29, 0.717) is 5.69 Å². The SMILES string of the molecule is Cc1cccc(CN(C)S(=O)(=O)c2c(N)cccc2F)n1. The number of pyridine rings is 1. The van der Waals surface area contributed by atoms with Crippen LogP contribution in [0.25, 0.3) is 0 Å². The van der Waals surface area contributed by atoms with Crippen LogP contribution >= 0.6 is 0 Å². The highest BCUT2D eigenvalue weighted by Crippen LogP contribution is 2.25. The molecule has 21 heavy (non-hydrogen) atoms. The highest BCUT2D eigenvalue weighted by Gasteiger charge is 2.27. The first-order chi connectivity index (χ1) is 9.82. The van der Waals surface area contributed by atoms with E-state index in [1.807, 2.05) is 13.0 Å². The molecule has 2 aromatic rings. The van der Waals surface area contributed by atoms with Gasteiger partial charge in [-0.25, -0.2) is 12.8 Å². The predicted molar refractivity (Wildman–Crippen MR) is 78.4 cm³/mol. The Morgan fingerprint density at radius 1 is 1.24 bits per heavy atom. The number of nitrogen functional groups attached to an aromatic ring is 1. The summed E-state index contributed by atoms with van der Waals surface area (Å²) in [5.41, 5.74) is 6.85. The third-order valence-electron chi connectivity index (χ3n) is 3.00. The molecule has 0 saturated carbocycles. The van der Waals surface area contributed by atoms with Crippen LogP contribution in [0.4, 0.5) is 10.1 Å². The number of rotatable bonds is 4. The smallest absolute Gasteiger partial charge is 0.248 e. The second kappa shape index (κ2) is 5.79. The topological polar surface area (TPSA) is 76.3 Å². The van der Waals surface area contributed by atoms with Crippen LogP contribution in [0, 0.1) is 12.7 Å².